The molecule has 18 heavy (non-hydrogen) atoms. The molecule has 2 amide bonds. The van der Waals surface area contributed by atoms with E-state index in [-0.39, 0.29) is 37.2 Å². The Hall–Kier alpha value is -1.59. The topological polar surface area (TPSA) is 84.2 Å². The van der Waals surface area contributed by atoms with E-state index in [9.17, 15) is 9.59 Å². The van der Waals surface area contributed by atoms with E-state index in [1.54, 1.807) is 24.3 Å². The number of rotatable bonds is 5. The number of benzene rings is 1. The highest BCUT2D eigenvalue weighted by molar-refractivity contribution is 6.03. The van der Waals surface area contributed by atoms with Crippen LogP contribution in [0.25, 0.3) is 0 Å². The lowest BCUT2D eigenvalue weighted by Crippen LogP contribution is -2.25. The molecule has 0 heterocycles. The second-order valence-electron chi connectivity index (χ2n) is 3.49. The predicted octanol–water partition coefficient (Wildman–Crippen LogP) is 1.15. The Morgan fingerprint density at radius 2 is 1.94 bits per heavy atom. The largest absolute Gasteiger partial charge is 0.352 e. The van der Waals surface area contributed by atoms with Crippen LogP contribution in [0.5, 0.6) is 0 Å². The second-order valence-corrected chi connectivity index (χ2v) is 3.49. The number of carbonyl (C=O) groups is 2. The van der Waals surface area contributed by atoms with E-state index in [0.29, 0.717) is 17.8 Å². The monoisotopic (exact) mass is 271 g/mol. The van der Waals surface area contributed by atoms with E-state index in [0.717, 1.165) is 0 Å². The first kappa shape index (κ1) is 16.4. The Morgan fingerprint density at radius 3 is 2.56 bits per heavy atom. The molecule has 0 aliphatic carbocycles. The molecule has 5 nitrogen and oxygen atoms in total. The maximum atomic E-state index is 11.7. The fourth-order valence-corrected chi connectivity index (χ4v) is 1.39. The lowest BCUT2D eigenvalue weighted by atomic mass is 10.1. The molecule has 1 aromatic carbocycles. The summed E-state index contributed by atoms with van der Waals surface area (Å²) < 4.78 is 0. The highest BCUT2D eigenvalue weighted by Gasteiger charge is 2.11. The van der Waals surface area contributed by atoms with Crippen molar-refractivity contribution in [3.8, 4) is 0 Å². The number of carbonyl (C=O) groups excluding carboxylic acids is 2. The third-order valence-corrected chi connectivity index (χ3v) is 2.15. The highest BCUT2D eigenvalue weighted by atomic mass is 35.5. The van der Waals surface area contributed by atoms with Gasteiger partial charge in [-0.1, -0.05) is 12.1 Å². The Morgan fingerprint density at radius 1 is 1.28 bits per heavy atom. The minimum absolute atomic E-state index is 0. The SMILES string of the molecule is CCNC(=O)c1ccccc1NC(=O)CCN.Cl. The van der Waals surface area contributed by atoms with Crippen LogP contribution in [0.4, 0.5) is 5.69 Å². The van der Waals surface area contributed by atoms with E-state index in [4.69, 9.17) is 5.73 Å². The van der Waals surface area contributed by atoms with Gasteiger partial charge in [0, 0.05) is 19.5 Å². The molecule has 0 aliphatic heterocycles. The average Bonchev–Trinajstić information content (AvgIpc) is 2.30. The summed E-state index contributed by atoms with van der Waals surface area (Å²) in [5.74, 6) is -0.389. The fourth-order valence-electron chi connectivity index (χ4n) is 1.39. The lowest BCUT2D eigenvalue weighted by Gasteiger charge is -2.10. The molecule has 0 atom stereocenters. The molecule has 6 heteroatoms. The number of hydrogen-bond acceptors (Lipinski definition) is 3. The molecule has 0 aromatic heterocycles. The first-order chi connectivity index (χ1) is 8.19. The Balaban J connectivity index is 0.00000289. The third kappa shape index (κ3) is 4.73. The number of hydrogen-bond donors (Lipinski definition) is 3. The highest BCUT2D eigenvalue weighted by Crippen LogP contribution is 2.14. The summed E-state index contributed by atoms with van der Waals surface area (Å²) in [6, 6.07) is 6.88. The van der Waals surface area contributed by atoms with Crippen LogP contribution < -0.4 is 16.4 Å². The van der Waals surface area contributed by atoms with Gasteiger partial charge in [0.1, 0.15) is 0 Å². The van der Waals surface area contributed by atoms with Crippen molar-refractivity contribution in [2.75, 3.05) is 18.4 Å². The molecule has 0 unspecified atom stereocenters. The van der Waals surface area contributed by atoms with Gasteiger partial charge in [-0.15, -0.1) is 12.4 Å². The van der Waals surface area contributed by atoms with Gasteiger partial charge in [0.15, 0.2) is 0 Å². The van der Waals surface area contributed by atoms with Gasteiger partial charge < -0.3 is 16.4 Å². The van der Waals surface area contributed by atoms with Crippen molar-refractivity contribution in [2.45, 2.75) is 13.3 Å². The fraction of sp³-hybridized carbons (Fsp3) is 0.333. The minimum Gasteiger partial charge on any atom is -0.352 e. The van der Waals surface area contributed by atoms with Crippen LogP contribution in [-0.4, -0.2) is 24.9 Å². The molecule has 0 saturated heterocycles. The van der Waals surface area contributed by atoms with Gasteiger partial charge in [0.25, 0.3) is 5.91 Å². The molecule has 0 saturated carbocycles. The number of anilines is 1. The number of para-hydroxylation sites is 1. The van der Waals surface area contributed by atoms with Crippen molar-refractivity contribution in [3.05, 3.63) is 29.8 Å². The van der Waals surface area contributed by atoms with Crippen molar-refractivity contribution in [1.29, 1.82) is 0 Å². The molecule has 0 fully saturated rings. The molecule has 100 valence electrons. The van der Waals surface area contributed by atoms with Crippen LogP contribution in [0, 0.1) is 0 Å². The Bertz CT molecular complexity index is 410. The molecule has 0 bridgehead atoms. The average molecular weight is 272 g/mol. The quantitative estimate of drug-likeness (QED) is 0.751. The van der Waals surface area contributed by atoms with Gasteiger partial charge >= 0.3 is 0 Å². The van der Waals surface area contributed by atoms with Crippen molar-refractivity contribution in [1.82, 2.24) is 5.32 Å². The maximum Gasteiger partial charge on any atom is 0.253 e. The lowest BCUT2D eigenvalue weighted by molar-refractivity contribution is -0.116. The number of halogens is 1. The standard InChI is InChI=1S/C12H17N3O2.ClH/c1-2-14-12(17)9-5-3-4-6-10(9)15-11(16)7-8-13;/h3-6H,2,7-8,13H2,1H3,(H,14,17)(H,15,16);1H. The van der Waals surface area contributed by atoms with Gasteiger partial charge in [-0.3, -0.25) is 9.59 Å². The molecule has 4 N–H and O–H groups in total. The number of nitrogens with one attached hydrogen (secondary N) is 2. The zero-order valence-corrected chi connectivity index (χ0v) is 11.0. The van der Waals surface area contributed by atoms with Gasteiger partial charge in [0.05, 0.1) is 11.3 Å². The zero-order valence-electron chi connectivity index (χ0n) is 10.2. The summed E-state index contributed by atoms with van der Waals surface area (Å²) in [7, 11) is 0. The Labute approximate surface area is 113 Å². The molecule has 1 rings (SSSR count). The van der Waals surface area contributed by atoms with Crippen molar-refractivity contribution in [2.24, 2.45) is 5.73 Å². The van der Waals surface area contributed by atoms with Gasteiger partial charge in [0.2, 0.25) is 5.91 Å². The number of amides is 2. The zero-order chi connectivity index (χ0) is 12.7. The summed E-state index contributed by atoms with van der Waals surface area (Å²) >= 11 is 0. The van der Waals surface area contributed by atoms with E-state index in [1.165, 1.54) is 0 Å². The second kappa shape index (κ2) is 8.49. The predicted molar refractivity (Wildman–Crippen MR) is 74.0 cm³/mol. The van der Waals surface area contributed by atoms with Gasteiger partial charge in [-0.25, -0.2) is 0 Å². The van der Waals surface area contributed by atoms with Crippen LogP contribution >= 0.6 is 12.4 Å². The summed E-state index contributed by atoms with van der Waals surface area (Å²) in [4.78, 5) is 23.1. The van der Waals surface area contributed by atoms with Crippen molar-refractivity contribution >= 4 is 29.9 Å². The normalized spacial score (nSPS) is 9.22. The third-order valence-electron chi connectivity index (χ3n) is 2.15. The van der Waals surface area contributed by atoms with E-state index < -0.39 is 0 Å². The smallest absolute Gasteiger partial charge is 0.253 e. The van der Waals surface area contributed by atoms with Gasteiger partial charge in [-0.05, 0) is 19.1 Å². The minimum atomic E-state index is -0.198. The Kier molecular flexibility index (Phi) is 7.74. The van der Waals surface area contributed by atoms with Crippen LogP contribution in [0.1, 0.15) is 23.7 Å². The van der Waals surface area contributed by atoms with Crippen LogP contribution in [0.15, 0.2) is 24.3 Å². The first-order valence-electron chi connectivity index (χ1n) is 5.56. The molecule has 1 aromatic rings. The molecule has 0 aliphatic rings. The summed E-state index contributed by atoms with van der Waals surface area (Å²) in [5, 5.41) is 5.36. The van der Waals surface area contributed by atoms with E-state index in [2.05, 4.69) is 10.6 Å². The first-order valence-corrected chi connectivity index (χ1v) is 5.56. The molecular weight excluding hydrogens is 254 g/mol. The van der Waals surface area contributed by atoms with Crippen molar-refractivity contribution in [3.63, 3.8) is 0 Å². The van der Waals surface area contributed by atoms with Gasteiger partial charge in [-0.2, -0.15) is 0 Å². The molecule has 0 spiro atoms. The molecule has 0 radical (unpaired) electrons. The van der Waals surface area contributed by atoms with Crippen LogP contribution in [-0.2, 0) is 4.79 Å². The summed E-state index contributed by atoms with van der Waals surface area (Å²) in [5.41, 5.74) is 6.26. The van der Waals surface area contributed by atoms with Crippen LogP contribution in [0.2, 0.25) is 0 Å². The maximum absolute atomic E-state index is 11.7. The summed E-state index contributed by atoms with van der Waals surface area (Å²) in [6.07, 6.45) is 0.240. The number of nitrogens with two attached hydrogens (primary N) is 1. The van der Waals surface area contributed by atoms with Crippen LogP contribution in [0.3, 0.4) is 0 Å². The van der Waals surface area contributed by atoms with Crippen molar-refractivity contribution < 1.29 is 9.59 Å². The molecular formula is C12H18ClN3O2. The van der Waals surface area contributed by atoms with E-state index in [1.807, 2.05) is 6.92 Å². The summed E-state index contributed by atoms with van der Waals surface area (Å²) in [6.45, 7) is 2.67. The van der Waals surface area contributed by atoms with E-state index >= 15 is 0 Å².